The molecule has 1 N–H and O–H groups in total. The van der Waals surface area contributed by atoms with Crippen molar-refractivity contribution in [2.24, 2.45) is 0 Å². The van der Waals surface area contributed by atoms with Crippen molar-refractivity contribution in [3.63, 3.8) is 0 Å². The van der Waals surface area contributed by atoms with Gasteiger partial charge in [0.15, 0.2) is 0 Å². The van der Waals surface area contributed by atoms with Crippen LogP contribution in [0.15, 0.2) is 42.5 Å². The van der Waals surface area contributed by atoms with Crippen LogP contribution in [-0.4, -0.2) is 19.0 Å². The number of aryl methyl sites for hydroxylation is 1. The zero-order chi connectivity index (χ0) is 15.4. The molecule has 0 heterocycles. The highest BCUT2D eigenvalue weighted by Crippen LogP contribution is 2.18. The first-order chi connectivity index (χ1) is 10.0. The summed E-state index contributed by atoms with van der Waals surface area (Å²) in [6.45, 7) is 1.94. The maximum Gasteiger partial charge on any atom is 0.337 e. The molecule has 2 aromatic rings. The fraction of sp³-hybridized carbons (Fsp3) is 0.125. The van der Waals surface area contributed by atoms with Crippen molar-refractivity contribution in [2.75, 3.05) is 12.4 Å². The minimum atomic E-state index is -0.421. The second-order valence-corrected chi connectivity index (χ2v) is 5.73. The lowest BCUT2D eigenvalue weighted by Crippen LogP contribution is -2.13. The van der Waals surface area contributed by atoms with Gasteiger partial charge in [0, 0.05) is 14.8 Å². The molecule has 0 fully saturated rings. The van der Waals surface area contributed by atoms with Crippen LogP contribution >= 0.6 is 22.6 Å². The molecule has 21 heavy (non-hydrogen) atoms. The smallest absolute Gasteiger partial charge is 0.337 e. The molecule has 0 aromatic heterocycles. The Morgan fingerprint density at radius 3 is 2.24 bits per heavy atom. The zero-order valence-corrected chi connectivity index (χ0v) is 13.8. The predicted octanol–water partition coefficient (Wildman–Crippen LogP) is 3.64. The van der Waals surface area contributed by atoms with Crippen molar-refractivity contribution in [3.8, 4) is 0 Å². The SMILES string of the molecule is COC(=O)c1ccc(C(=O)Nc2ccc(I)cc2C)cc1. The Bertz CT molecular complexity index is 680. The topological polar surface area (TPSA) is 55.4 Å². The number of hydrogen-bond acceptors (Lipinski definition) is 3. The Morgan fingerprint density at radius 2 is 1.67 bits per heavy atom. The van der Waals surface area contributed by atoms with Crippen LogP contribution in [0.5, 0.6) is 0 Å². The van der Waals surface area contributed by atoms with Gasteiger partial charge in [-0.15, -0.1) is 0 Å². The zero-order valence-electron chi connectivity index (χ0n) is 11.6. The maximum atomic E-state index is 12.2. The van der Waals surface area contributed by atoms with Crippen molar-refractivity contribution in [1.82, 2.24) is 0 Å². The van der Waals surface area contributed by atoms with Gasteiger partial charge in [0.1, 0.15) is 0 Å². The van der Waals surface area contributed by atoms with Crippen LogP contribution in [0, 0.1) is 10.5 Å². The maximum absolute atomic E-state index is 12.2. The summed E-state index contributed by atoms with van der Waals surface area (Å²) >= 11 is 2.22. The number of ether oxygens (including phenoxy) is 1. The van der Waals surface area contributed by atoms with Gasteiger partial charge in [0.25, 0.3) is 5.91 Å². The molecule has 0 radical (unpaired) electrons. The van der Waals surface area contributed by atoms with Gasteiger partial charge < -0.3 is 10.1 Å². The number of esters is 1. The van der Waals surface area contributed by atoms with Gasteiger partial charge in [0.05, 0.1) is 12.7 Å². The second kappa shape index (κ2) is 6.71. The van der Waals surface area contributed by atoms with Gasteiger partial charge in [0.2, 0.25) is 0 Å². The number of carbonyl (C=O) groups excluding carboxylic acids is 2. The summed E-state index contributed by atoms with van der Waals surface area (Å²) in [4.78, 5) is 23.5. The first-order valence-corrected chi connectivity index (χ1v) is 7.35. The van der Waals surface area contributed by atoms with Crippen LogP contribution in [0.4, 0.5) is 5.69 Å². The van der Waals surface area contributed by atoms with E-state index in [2.05, 4.69) is 32.6 Å². The van der Waals surface area contributed by atoms with Gasteiger partial charge in [-0.25, -0.2) is 4.79 Å². The van der Waals surface area contributed by atoms with Crippen molar-refractivity contribution in [3.05, 3.63) is 62.7 Å². The van der Waals surface area contributed by atoms with Crippen molar-refractivity contribution >= 4 is 40.2 Å². The molecule has 0 saturated heterocycles. The number of rotatable bonds is 3. The van der Waals surface area contributed by atoms with Crippen LogP contribution in [-0.2, 0) is 4.74 Å². The predicted molar refractivity (Wildman–Crippen MR) is 89.6 cm³/mol. The Labute approximate surface area is 136 Å². The summed E-state index contributed by atoms with van der Waals surface area (Å²) in [6, 6.07) is 12.1. The quantitative estimate of drug-likeness (QED) is 0.638. The van der Waals surface area contributed by atoms with E-state index in [1.54, 1.807) is 24.3 Å². The summed E-state index contributed by atoms with van der Waals surface area (Å²) < 4.78 is 5.74. The monoisotopic (exact) mass is 395 g/mol. The molecule has 2 rings (SSSR count). The molecule has 0 saturated carbocycles. The molecule has 1 amide bonds. The minimum absolute atomic E-state index is 0.212. The average molecular weight is 395 g/mol. The summed E-state index contributed by atoms with van der Waals surface area (Å²) in [5, 5.41) is 2.86. The number of amides is 1. The van der Waals surface area contributed by atoms with Gasteiger partial charge in [-0.2, -0.15) is 0 Å². The van der Waals surface area contributed by atoms with E-state index >= 15 is 0 Å². The Hall–Kier alpha value is -1.89. The van der Waals surface area contributed by atoms with E-state index < -0.39 is 5.97 Å². The first-order valence-electron chi connectivity index (χ1n) is 6.27. The highest BCUT2D eigenvalue weighted by Gasteiger charge is 2.10. The van der Waals surface area contributed by atoms with E-state index in [0.29, 0.717) is 11.1 Å². The fourth-order valence-electron chi connectivity index (χ4n) is 1.84. The van der Waals surface area contributed by atoms with Crippen molar-refractivity contribution < 1.29 is 14.3 Å². The molecule has 0 aliphatic carbocycles. The molecule has 0 bridgehead atoms. The second-order valence-electron chi connectivity index (χ2n) is 4.48. The molecule has 5 heteroatoms. The number of benzene rings is 2. The number of methoxy groups -OCH3 is 1. The van der Waals surface area contributed by atoms with E-state index in [-0.39, 0.29) is 5.91 Å². The summed E-state index contributed by atoms with van der Waals surface area (Å²) in [6.07, 6.45) is 0. The lowest BCUT2D eigenvalue weighted by molar-refractivity contribution is 0.0600. The Morgan fingerprint density at radius 1 is 1.05 bits per heavy atom. The number of anilines is 1. The van der Waals surface area contributed by atoms with Crippen LogP contribution in [0.2, 0.25) is 0 Å². The van der Waals surface area contributed by atoms with Gasteiger partial charge in [-0.1, -0.05) is 0 Å². The van der Waals surface area contributed by atoms with Gasteiger partial charge >= 0.3 is 5.97 Å². The molecule has 108 valence electrons. The van der Waals surface area contributed by atoms with E-state index in [1.165, 1.54) is 7.11 Å². The number of nitrogens with one attached hydrogen (secondary N) is 1. The molecule has 0 atom stereocenters. The minimum Gasteiger partial charge on any atom is -0.465 e. The molecule has 2 aromatic carbocycles. The number of carbonyl (C=O) groups is 2. The highest BCUT2D eigenvalue weighted by molar-refractivity contribution is 14.1. The molecular weight excluding hydrogens is 381 g/mol. The lowest BCUT2D eigenvalue weighted by Gasteiger charge is -2.09. The standard InChI is InChI=1S/C16H14INO3/c1-10-9-13(17)7-8-14(10)18-15(19)11-3-5-12(6-4-11)16(20)21-2/h3-9H,1-2H3,(H,18,19). The van der Waals surface area contributed by atoms with Crippen LogP contribution < -0.4 is 5.32 Å². The first kappa shape index (κ1) is 15.5. The molecular formula is C16H14INO3. The third-order valence-electron chi connectivity index (χ3n) is 3.00. The van der Waals surface area contributed by atoms with Crippen molar-refractivity contribution in [2.45, 2.75) is 6.92 Å². The largest absolute Gasteiger partial charge is 0.465 e. The number of hydrogen-bond donors (Lipinski definition) is 1. The molecule has 0 aliphatic heterocycles. The van der Waals surface area contributed by atoms with Crippen LogP contribution in [0.1, 0.15) is 26.3 Å². The molecule has 4 nitrogen and oxygen atoms in total. The van der Waals surface area contributed by atoms with Crippen LogP contribution in [0.25, 0.3) is 0 Å². The van der Waals surface area contributed by atoms with Crippen molar-refractivity contribution in [1.29, 1.82) is 0 Å². The summed E-state index contributed by atoms with van der Waals surface area (Å²) in [7, 11) is 1.32. The Kier molecular flexibility index (Phi) is 4.95. The molecule has 0 aliphatic rings. The Balaban J connectivity index is 2.15. The van der Waals surface area contributed by atoms with E-state index in [9.17, 15) is 9.59 Å². The summed E-state index contributed by atoms with van der Waals surface area (Å²) in [5.41, 5.74) is 2.68. The fourth-order valence-corrected chi connectivity index (χ4v) is 2.48. The van der Waals surface area contributed by atoms with E-state index in [4.69, 9.17) is 0 Å². The average Bonchev–Trinajstić information content (AvgIpc) is 2.49. The molecule has 0 spiro atoms. The molecule has 0 unspecified atom stereocenters. The van der Waals surface area contributed by atoms with Gasteiger partial charge in [-0.05, 0) is 77.5 Å². The van der Waals surface area contributed by atoms with E-state index in [1.807, 2.05) is 25.1 Å². The van der Waals surface area contributed by atoms with Gasteiger partial charge in [-0.3, -0.25) is 4.79 Å². The third kappa shape index (κ3) is 3.81. The lowest BCUT2D eigenvalue weighted by atomic mass is 10.1. The highest BCUT2D eigenvalue weighted by atomic mass is 127. The normalized spacial score (nSPS) is 10.0. The summed E-state index contributed by atoms with van der Waals surface area (Å²) in [5.74, 6) is -0.633. The van der Waals surface area contributed by atoms with Crippen LogP contribution in [0.3, 0.4) is 0 Å². The third-order valence-corrected chi connectivity index (χ3v) is 3.68. The number of halogens is 1. The van der Waals surface area contributed by atoms with E-state index in [0.717, 1.165) is 14.8 Å².